The fraction of sp³-hybridized carbons (Fsp3) is 0.267. The summed E-state index contributed by atoms with van der Waals surface area (Å²) in [6.45, 7) is 2.27. The third kappa shape index (κ3) is 3.23. The standard InChI is InChI=1S/C15H17NO2/c1-2-18-15(17)10-7-13-5-8-14(9-6-13)16-11-3-4-12-16/h3-6,8-9,11-12H,2,7,10H2,1H3. The molecule has 18 heavy (non-hydrogen) atoms. The largest absolute Gasteiger partial charge is 0.466 e. The van der Waals surface area contributed by atoms with Gasteiger partial charge in [-0.2, -0.15) is 0 Å². The summed E-state index contributed by atoms with van der Waals surface area (Å²) in [6, 6.07) is 12.2. The SMILES string of the molecule is CCOC(=O)CCc1ccc(-n2cccc2)cc1. The third-order valence-corrected chi connectivity index (χ3v) is 2.76. The van der Waals surface area contributed by atoms with Gasteiger partial charge in [0.15, 0.2) is 0 Å². The summed E-state index contributed by atoms with van der Waals surface area (Å²) < 4.78 is 6.95. The van der Waals surface area contributed by atoms with Crippen molar-refractivity contribution in [3.05, 3.63) is 54.4 Å². The molecule has 1 aromatic heterocycles. The van der Waals surface area contributed by atoms with E-state index in [4.69, 9.17) is 4.74 Å². The number of carbonyl (C=O) groups is 1. The van der Waals surface area contributed by atoms with Crippen LogP contribution in [0.4, 0.5) is 0 Å². The van der Waals surface area contributed by atoms with Gasteiger partial charge in [0.1, 0.15) is 0 Å². The van der Waals surface area contributed by atoms with Crippen LogP contribution in [0.3, 0.4) is 0 Å². The van der Waals surface area contributed by atoms with E-state index >= 15 is 0 Å². The summed E-state index contributed by atoms with van der Waals surface area (Å²) in [5.41, 5.74) is 2.28. The number of hydrogen-bond acceptors (Lipinski definition) is 2. The zero-order valence-electron chi connectivity index (χ0n) is 10.5. The number of ether oxygens (including phenoxy) is 1. The molecule has 0 amide bonds. The predicted molar refractivity (Wildman–Crippen MR) is 70.7 cm³/mol. The Balaban J connectivity index is 1.94. The molecular weight excluding hydrogens is 226 g/mol. The Bertz CT molecular complexity index is 486. The lowest BCUT2D eigenvalue weighted by Gasteiger charge is -2.05. The molecule has 0 radical (unpaired) electrons. The molecule has 3 heteroatoms. The molecular formula is C15H17NO2. The lowest BCUT2D eigenvalue weighted by molar-refractivity contribution is -0.143. The molecule has 0 unspecified atom stereocenters. The molecule has 0 aliphatic rings. The van der Waals surface area contributed by atoms with E-state index in [-0.39, 0.29) is 5.97 Å². The second-order valence-electron chi connectivity index (χ2n) is 4.06. The summed E-state index contributed by atoms with van der Waals surface area (Å²) >= 11 is 0. The quantitative estimate of drug-likeness (QED) is 0.756. The minimum atomic E-state index is -0.132. The molecule has 2 rings (SSSR count). The minimum absolute atomic E-state index is 0.132. The van der Waals surface area contributed by atoms with Crippen LogP contribution in [0.15, 0.2) is 48.8 Å². The number of benzene rings is 1. The number of hydrogen-bond donors (Lipinski definition) is 0. The van der Waals surface area contributed by atoms with Crippen LogP contribution in [0.1, 0.15) is 18.9 Å². The summed E-state index contributed by atoms with van der Waals surface area (Å²) in [7, 11) is 0. The highest BCUT2D eigenvalue weighted by Crippen LogP contribution is 2.11. The van der Waals surface area contributed by atoms with Gasteiger partial charge in [0.05, 0.1) is 6.61 Å². The Morgan fingerprint density at radius 2 is 1.83 bits per heavy atom. The van der Waals surface area contributed by atoms with Gasteiger partial charge < -0.3 is 9.30 Å². The van der Waals surface area contributed by atoms with E-state index in [0.29, 0.717) is 13.0 Å². The van der Waals surface area contributed by atoms with Crippen molar-refractivity contribution < 1.29 is 9.53 Å². The molecule has 94 valence electrons. The Morgan fingerprint density at radius 3 is 2.44 bits per heavy atom. The third-order valence-electron chi connectivity index (χ3n) is 2.76. The smallest absolute Gasteiger partial charge is 0.306 e. The monoisotopic (exact) mass is 243 g/mol. The highest BCUT2D eigenvalue weighted by molar-refractivity contribution is 5.69. The number of aromatic nitrogens is 1. The van der Waals surface area contributed by atoms with E-state index < -0.39 is 0 Å². The van der Waals surface area contributed by atoms with Crippen LogP contribution >= 0.6 is 0 Å². The summed E-state index contributed by atoms with van der Waals surface area (Å²) in [4.78, 5) is 11.2. The maximum absolute atomic E-state index is 11.2. The number of rotatable bonds is 5. The predicted octanol–water partition coefficient (Wildman–Crippen LogP) is 2.97. The Hall–Kier alpha value is -2.03. The van der Waals surface area contributed by atoms with Crippen LogP contribution in [0.25, 0.3) is 5.69 Å². The average molecular weight is 243 g/mol. The van der Waals surface area contributed by atoms with Gasteiger partial charge in [-0.25, -0.2) is 0 Å². The van der Waals surface area contributed by atoms with E-state index in [1.165, 1.54) is 0 Å². The molecule has 0 N–H and O–H groups in total. The van der Waals surface area contributed by atoms with Gasteiger partial charge in [0.25, 0.3) is 0 Å². The van der Waals surface area contributed by atoms with Crippen LogP contribution in [-0.2, 0) is 16.0 Å². The fourth-order valence-electron chi connectivity index (χ4n) is 1.82. The number of esters is 1. The Morgan fingerprint density at radius 1 is 1.17 bits per heavy atom. The van der Waals surface area contributed by atoms with Gasteiger partial charge in [0.2, 0.25) is 0 Å². The fourth-order valence-corrected chi connectivity index (χ4v) is 1.82. The van der Waals surface area contributed by atoms with E-state index in [0.717, 1.165) is 17.7 Å². The molecule has 0 atom stereocenters. The number of nitrogens with zero attached hydrogens (tertiary/aromatic N) is 1. The molecule has 0 saturated carbocycles. The van der Waals surface area contributed by atoms with Crippen molar-refractivity contribution in [3.63, 3.8) is 0 Å². The lowest BCUT2D eigenvalue weighted by Crippen LogP contribution is -2.05. The molecule has 0 aliphatic heterocycles. The van der Waals surface area contributed by atoms with E-state index in [2.05, 4.69) is 28.8 Å². The first-order chi connectivity index (χ1) is 8.79. The normalized spacial score (nSPS) is 10.3. The zero-order valence-corrected chi connectivity index (χ0v) is 10.5. The molecule has 1 aromatic carbocycles. The van der Waals surface area contributed by atoms with Crippen LogP contribution in [0.2, 0.25) is 0 Å². The Labute approximate surface area is 107 Å². The van der Waals surface area contributed by atoms with Gasteiger partial charge in [-0.15, -0.1) is 0 Å². The molecule has 1 heterocycles. The first kappa shape index (κ1) is 12.4. The van der Waals surface area contributed by atoms with Gasteiger partial charge in [0, 0.05) is 24.5 Å². The Kier molecular flexibility index (Phi) is 4.18. The van der Waals surface area contributed by atoms with Crippen LogP contribution in [0.5, 0.6) is 0 Å². The van der Waals surface area contributed by atoms with Crippen molar-refractivity contribution in [2.75, 3.05) is 6.61 Å². The van der Waals surface area contributed by atoms with Gasteiger partial charge in [-0.1, -0.05) is 12.1 Å². The summed E-state index contributed by atoms with van der Waals surface area (Å²) in [5.74, 6) is -0.132. The van der Waals surface area contributed by atoms with Crippen molar-refractivity contribution in [1.29, 1.82) is 0 Å². The highest BCUT2D eigenvalue weighted by Gasteiger charge is 2.02. The molecule has 0 fully saturated rings. The average Bonchev–Trinajstić information content (AvgIpc) is 2.91. The highest BCUT2D eigenvalue weighted by atomic mass is 16.5. The van der Waals surface area contributed by atoms with Crippen molar-refractivity contribution >= 4 is 5.97 Å². The minimum Gasteiger partial charge on any atom is -0.466 e. The van der Waals surface area contributed by atoms with E-state index in [1.54, 1.807) is 0 Å². The molecule has 0 aliphatic carbocycles. The maximum Gasteiger partial charge on any atom is 0.306 e. The summed E-state index contributed by atoms with van der Waals surface area (Å²) in [6.07, 6.45) is 5.18. The second-order valence-corrected chi connectivity index (χ2v) is 4.06. The maximum atomic E-state index is 11.2. The zero-order chi connectivity index (χ0) is 12.8. The number of aryl methyl sites for hydroxylation is 1. The van der Waals surface area contributed by atoms with Crippen molar-refractivity contribution in [2.45, 2.75) is 19.8 Å². The van der Waals surface area contributed by atoms with Gasteiger partial charge in [-0.3, -0.25) is 4.79 Å². The van der Waals surface area contributed by atoms with E-state index in [1.807, 2.05) is 31.5 Å². The van der Waals surface area contributed by atoms with Crippen molar-refractivity contribution in [1.82, 2.24) is 4.57 Å². The first-order valence-corrected chi connectivity index (χ1v) is 6.17. The van der Waals surface area contributed by atoms with Crippen LogP contribution in [-0.4, -0.2) is 17.1 Å². The molecule has 2 aromatic rings. The first-order valence-electron chi connectivity index (χ1n) is 6.17. The second kappa shape index (κ2) is 6.05. The lowest BCUT2D eigenvalue weighted by atomic mass is 10.1. The topological polar surface area (TPSA) is 31.2 Å². The van der Waals surface area contributed by atoms with Crippen LogP contribution in [0, 0.1) is 0 Å². The van der Waals surface area contributed by atoms with E-state index in [9.17, 15) is 4.79 Å². The molecule has 0 saturated heterocycles. The summed E-state index contributed by atoms with van der Waals surface area (Å²) in [5, 5.41) is 0. The molecule has 0 bridgehead atoms. The molecule has 3 nitrogen and oxygen atoms in total. The van der Waals surface area contributed by atoms with Gasteiger partial charge in [-0.05, 0) is 43.2 Å². The van der Waals surface area contributed by atoms with Crippen molar-refractivity contribution in [3.8, 4) is 5.69 Å². The van der Waals surface area contributed by atoms with Crippen LogP contribution < -0.4 is 0 Å². The van der Waals surface area contributed by atoms with Gasteiger partial charge >= 0.3 is 5.97 Å². The molecule has 0 spiro atoms. The number of carbonyl (C=O) groups excluding carboxylic acids is 1. The van der Waals surface area contributed by atoms with Crippen molar-refractivity contribution in [2.24, 2.45) is 0 Å².